The van der Waals surface area contributed by atoms with E-state index in [0.717, 1.165) is 17.3 Å². The van der Waals surface area contributed by atoms with E-state index >= 15 is 0 Å². The van der Waals surface area contributed by atoms with E-state index < -0.39 is 12.0 Å². The van der Waals surface area contributed by atoms with Crippen molar-refractivity contribution in [1.29, 1.82) is 0 Å². The van der Waals surface area contributed by atoms with Crippen LogP contribution in [-0.4, -0.2) is 44.8 Å². The van der Waals surface area contributed by atoms with Crippen LogP contribution in [0.2, 0.25) is 0 Å². The number of nitrogens with zero attached hydrogens (tertiary/aromatic N) is 1. The van der Waals surface area contributed by atoms with Crippen LogP contribution in [0.5, 0.6) is 0 Å². The molecule has 0 saturated carbocycles. The van der Waals surface area contributed by atoms with Gasteiger partial charge in [-0.3, -0.25) is 9.59 Å². The second kappa shape index (κ2) is 7.45. The number of amides is 1. The Morgan fingerprint density at radius 1 is 1.36 bits per heavy atom. The minimum absolute atomic E-state index is 0.0455. The van der Waals surface area contributed by atoms with Crippen LogP contribution in [0, 0.1) is 0 Å². The van der Waals surface area contributed by atoms with E-state index in [1.54, 1.807) is 0 Å². The quantitative estimate of drug-likeness (QED) is 0.867. The molecule has 1 aliphatic heterocycles. The van der Waals surface area contributed by atoms with Gasteiger partial charge in [0.15, 0.2) is 5.12 Å². The zero-order valence-corrected chi connectivity index (χ0v) is 13.2. The van der Waals surface area contributed by atoms with Crippen molar-refractivity contribution in [2.24, 2.45) is 0 Å². The van der Waals surface area contributed by atoms with Gasteiger partial charge in [0.2, 0.25) is 5.91 Å². The lowest BCUT2D eigenvalue weighted by Crippen LogP contribution is -2.42. The van der Waals surface area contributed by atoms with E-state index in [1.807, 2.05) is 30.3 Å². The normalized spacial score (nSPS) is 19.2. The lowest BCUT2D eigenvalue weighted by atomic mass is 10.0. The van der Waals surface area contributed by atoms with Gasteiger partial charge < -0.3 is 10.0 Å². The number of carbonyl (C=O) groups excluding carboxylic acids is 2. The molecule has 0 aromatic heterocycles. The van der Waals surface area contributed by atoms with Crippen molar-refractivity contribution in [2.75, 3.05) is 6.54 Å². The second-order valence-electron chi connectivity index (χ2n) is 5.36. The van der Waals surface area contributed by atoms with E-state index in [4.69, 9.17) is 0 Å². The molecule has 0 radical (unpaired) electrons. The number of aliphatic carboxylic acids is 1. The molecule has 1 aliphatic rings. The maximum Gasteiger partial charge on any atom is 0.326 e. The SMILES string of the molecule is CC(=O)SC1CC(=O)N(C(CCc2ccccc2)C(=O)O)C1. The first-order valence-electron chi connectivity index (χ1n) is 7.21. The zero-order chi connectivity index (χ0) is 16.1. The molecule has 1 amide bonds. The van der Waals surface area contributed by atoms with Crippen LogP contribution in [0.25, 0.3) is 0 Å². The summed E-state index contributed by atoms with van der Waals surface area (Å²) in [7, 11) is 0. The Labute approximate surface area is 133 Å². The van der Waals surface area contributed by atoms with Gasteiger partial charge in [-0.1, -0.05) is 42.1 Å². The number of likely N-dealkylation sites (tertiary alicyclic amines) is 1. The molecule has 1 aromatic rings. The number of carboxylic acid groups (broad SMARTS) is 1. The average Bonchev–Trinajstić information content (AvgIpc) is 2.79. The van der Waals surface area contributed by atoms with Gasteiger partial charge in [0.1, 0.15) is 6.04 Å². The van der Waals surface area contributed by atoms with Crippen LogP contribution < -0.4 is 0 Å². The fraction of sp³-hybridized carbons (Fsp3) is 0.438. The number of carboxylic acids is 1. The van der Waals surface area contributed by atoms with Crippen LogP contribution in [0.4, 0.5) is 0 Å². The van der Waals surface area contributed by atoms with Crippen molar-refractivity contribution in [3.8, 4) is 0 Å². The summed E-state index contributed by atoms with van der Waals surface area (Å²) >= 11 is 1.12. The van der Waals surface area contributed by atoms with Gasteiger partial charge >= 0.3 is 5.97 Å². The van der Waals surface area contributed by atoms with E-state index in [9.17, 15) is 19.5 Å². The molecule has 1 N–H and O–H groups in total. The van der Waals surface area contributed by atoms with Crippen molar-refractivity contribution in [2.45, 2.75) is 37.5 Å². The molecule has 1 fully saturated rings. The van der Waals surface area contributed by atoms with Gasteiger partial charge in [0.05, 0.1) is 0 Å². The number of rotatable bonds is 6. The summed E-state index contributed by atoms with van der Waals surface area (Å²) in [6.45, 7) is 1.79. The lowest BCUT2D eigenvalue weighted by molar-refractivity contribution is -0.148. The topological polar surface area (TPSA) is 74.7 Å². The maximum absolute atomic E-state index is 12.1. The third-order valence-corrected chi connectivity index (χ3v) is 4.65. The minimum Gasteiger partial charge on any atom is -0.480 e. The van der Waals surface area contributed by atoms with E-state index in [1.165, 1.54) is 11.8 Å². The molecule has 118 valence electrons. The van der Waals surface area contributed by atoms with Crippen molar-refractivity contribution in [3.63, 3.8) is 0 Å². The summed E-state index contributed by atoms with van der Waals surface area (Å²) in [4.78, 5) is 36.1. The van der Waals surface area contributed by atoms with Gasteiger partial charge in [0, 0.05) is 25.1 Å². The predicted molar refractivity (Wildman–Crippen MR) is 84.6 cm³/mol. The molecule has 0 aliphatic carbocycles. The van der Waals surface area contributed by atoms with Gasteiger partial charge in [-0.2, -0.15) is 0 Å². The van der Waals surface area contributed by atoms with Crippen molar-refractivity contribution in [1.82, 2.24) is 4.90 Å². The van der Waals surface area contributed by atoms with E-state index in [0.29, 0.717) is 19.4 Å². The summed E-state index contributed by atoms with van der Waals surface area (Å²) in [6, 6.07) is 8.78. The molecular weight excluding hydrogens is 302 g/mol. The summed E-state index contributed by atoms with van der Waals surface area (Å²) in [6.07, 6.45) is 1.22. The second-order valence-corrected chi connectivity index (χ2v) is 6.84. The van der Waals surface area contributed by atoms with Crippen LogP contribution in [0.1, 0.15) is 25.3 Å². The summed E-state index contributed by atoms with van der Waals surface area (Å²) in [5.41, 5.74) is 1.05. The Kier molecular flexibility index (Phi) is 5.60. The van der Waals surface area contributed by atoms with Gasteiger partial charge in [-0.05, 0) is 18.4 Å². The molecule has 1 aromatic carbocycles. The third kappa shape index (κ3) is 4.34. The first-order valence-corrected chi connectivity index (χ1v) is 8.08. The number of hydrogen-bond acceptors (Lipinski definition) is 4. The number of thioether (sulfide) groups is 1. The average molecular weight is 321 g/mol. The standard InChI is InChI=1S/C16H19NO4S/c1-11(18)22-13-9-15(19)17(10-13)14(16(20)21)8-7-12-5-3-2-4-6-12/h2-6,13-14H,7-10H2,1H3,(H,20,21). The fourth-order valence-electron chi connectivity index (χ4n) is 2.67. The molecule has 2 rings (SSSR count). The van der Waals surface area contributed by atoms with E-state index in [2.05, 4.69) is 0 Å². The van der Waals surface area contributed by atoms with Crippen LogP contribution in [0.15, 0.2) is 30.3 Å². The zero-order valence-electron chi connectivity index (χ0n) is 12.4. The maximum atomic E-state index is 12.1. The van der Waals surface area contributed by atoms with Gasteiger partial charge in [-0.15, -0.1) is 0 Å². The van der Waals surface area contributed by atoms with Gasteiger partial charge in [0.25, 0.3) is 0 Å². The number of hydrogen-bond donors (Lipinski definition) is 1. The third-order valence-electron chi connectivity index (χ3n) is 3.67. The molecule has 1 heterocycles. The van der Waals surface area contributed by atoms with Crippen LogP contribution in [0.3, 0.4) is 0 Å². The van der Waals surface area contributed by atoms with Crippen molar-refractivity contribution < 1.29 is 19.5 Å². The minimum atomic E-state index is -0.988. The Bertz CT molecular complexity index is 561. The summed E-state index contributed by atoms with van der Waals surface area (Å²) in [5.74, 6) is -1.17. The molecule has 22 heavy (non-hydrogen) atoms. The highest BCUT2D eigenvalue weighted by atomic mass is 32.2. The van der Waals surface area contributed by atoms with Crippen LogP contribution >= 0.6 is 11.8 Å². The molecule has 2 unspecified atom stereocenters. The fourth-order valence-corrected chi connectivity index (χ4v) is 3.60. The molecule has 6 heteroatoms. The van der Waals surface area contributed by atoms with E-state index in [-0.39, 0.29) is 22.7 Å². The lowest BCUT2D eigenvalue weighted by Gasteiger charge is -2.24. The molecule has 5 nitrogen and oxygen atoms in total. The highest BCUT2D eigenvalue weighted by molar-refractivity contribution is 8.14. The predicted octanol–water partition coefficient (Wildman–Crippen LogP) is 1.95. The summed E-state index contributed by atoms with van der Waals surface area (Å²) < 4.78 is 0. The molecule has 0 spiro atoms. The highest BCUT2D eigenvalue weighted by Gasteiger charge is 2.38. The molecule has 1 saturated heterocycles. The Balaban J connectivity index is 2.00. The molecule has 0 bridgehead atoms. The van der Waals surface area contributed by atoms with Crippen LogP contribution in [-0.2, 0) is 20.8 Å². The smallest absolute Gasteiger partial charge is 0.326 e. The first-order chi connectivity index (χ1) is 10.5. The summed E-state index contributed by atoms with van der Waals surface area (Å²) in [5, 5.41) is 9.25. The number of aryl methyl sites for hydroxylation is 1. The van der Waals surface area contributed by atoms with Gasteiger partial charge in [-0.25, -0.2) is 4.79 Å². The Morgan fingerprint density at radius 3 is 2.64 bits per heavy atom. The highest BCUT2D eigenvalue weighted by Crippen LogP contribution is 2.27. The Hall–Kier alpha value is -1.82. The largest absolute Gasteiger partial charge is 0.480 e. The van der Waals surface area contributed by atoms with Crippen molar-refractivity contribution >= 4 is 28.8 Å². The number of benzene rings is 1. The molecule has 2 atom stereocenters. The number of carbonyl (C=O) groups is 3. The monoisotopic (exact) mass is 321 g/mol. The van der Waals surface area contributed by atoms with Crippen molar-refractivity contribution in [3.05, 3.63) is 35.9 Å². The Morgan fingerprint density at radius 2 is 2.05 bits per heavy atom. The first kappa shape index (κ1) is 16.5. The molecular formula is C16H19NO4S.